The van der Waals surface area contributed by atoms with E-state index in [0.717, 1.165) is 24.0 Å². The minimum absolute atomic E-state index is 0.0492. The topological polar surface area (TPSA) is 68.3 Å². The maximum Gasteiger partial charge on any atom is 0.261 e. The summed E-state index contributed by atoms with van der Waals surface area (Å²) in [5, 5.41) is 4.99. The van der Waals surface area contributed by atoms with E-state index in [-0.39, 0.29) is 17.7 Å². The van der Waals surface area contributed by atoms with Crippen LogP contribution in [0.2, 0.25) is 0 Å². The van der Waals surface area contributed by atoms with Crippen molar-refractivity contribution in [1.29, 1.82) is 0 Å². The van der Waals surface area contributed by atoms with Crippen LogP contribution in [0.25, 0.3) is 11.1 Å². The Morgan fingerprint density at radius 2 is 2.04 bits per heavy atom. The van der Waals surface area contributed by atoms with Gasteiger partial charge in [-0.15, -0.1) is 11.3 Å². The van der Waals surface area contributed by atoms with Gasteiger partial charge in [-0.2, -0.15) is 0 Å². The number of ether oxygens (including phenoxy) is 1. The minimum Gasteiger partial charge on any atom is -0.381 e. The number of hydrogen-bond donors (Lipinski definition) is 1. The fourth-order valence-corrected chi connectivity index (χ4v) is 3.48. The molecule has 1 aliphatic rings. The van der Waals surface area contributed by atoms with Crippen LogP contribution in [-0.4, -0.2) is 35.9 Å². The number of nitrogens with zero attached hydrogens (tertiary/aromatic N) is 1. The van der Waals surface area contributed by atoms with E-state index < -0.39 is 0 Å². The Balaban J connectivity index is 1.73. The summed E-state index contributed by atoms with van der Waals surface area (Å²) in [7, 11) is 0. The molecule has 5 nitrogen and oxygen atoms in total. The zero-order valence-electron chi connectivity index (χ0n) is 13.6. The molecule has 3 rings (SSSR count). The van der Waals surface area contributed by atoms with Crippen molar-refractivity contribution in [2.24, 2.45) is 0 Å². The zero-order valence-corrected chi connectivity index (χ0v) is 14.4. The Kier molecular flexibility index (Phi) is 5.37. The second-order valence-electron chi connectivity index (χ2n) is 5.80. The Bertz CT molecular complexity index is 735. The van der Waals surface area contributed by atoms with Gasteiger partial charge in [0, 0.05) is 49.2 Å². The van der Waals surface area contributed by atoms with E-state index in [4.69, 9.17) is 4.74 Å². The van der Waals surface area contributed by atoms with Gasteiger partial charge in [0.1, 0.15) is 0 Å². The van der Waals surface area contributed by atoms with Crippen molar-refractivity contribution >= 4 is 23.0 Å². The van der Waals surface area contributed by atoms with Crippen molar-refractivity contribution < 1.29 is 14.3 Å². The van der Waals surface area contributed by atoms with E-state index in [0.29, 0.717) is 30.1 Å². The summed E-state index contributed by atoms with van der Waals surface area (Å²) < 4.78 is 5.31. The van der Waals surface area contributed by atoms with Gasteiger partial charge in [-0.1, -0.05) is 6.92 Å². The number of Topliss-reactive ketones (excluding diaryl/α,β-unsaturated/α-hetero) is 1. The highest BCUT2D eigenvalue weighted by Gasteiger charge is 2.18. The van der Waals surface area contributed by atoms with Crippen molar-refractivity contribution in [2.45, 2.75) is 32.2 Å². The highest BCUT2D eigenvalue weighted by molar-refractivity contribution is 7.12. The lowest BCUT2D eigenvalue weighted by Crippen LogP contribution is -2.38. The highest BCUT2D eigenvalue weighted by atomic mass is 32.1. The molecule has 0 spiro atoms. The summed E-state index contributed by atoms with van der Waals surface area (Å²) in [6.45, 7) is 3.23. The molecule has 2 aromatic heterocycles. The lowest BCUT2D eigenvalue weighted by atomic mass is 10.1. The van der Waals surface area contributed by atoms with E-state index in [1.165, 1.54) is 11.3 Å². The molecular weight excluding hydrogens is 324 g/mol. The summed E-state index contributed by atoms with van der Waals surface area (Å²) >= 11 is 1.41. The molecule has 0 unspecified atom stereocenters. The molecule has 0 aliphatic carbocycles. The first-order valence-corrected chi connectivity index (χ1v) is 9.01. The maximum atomic E-state index is 12.4. The molecule has 1 amide bonds. The van der Waals surface area contributed by atoms with E-state index in [1.807, 2.05) is 24.4 Å². The molecule has 1 N–H and O–H groups in total. The average molecular weight is 344 g/mol. The molecule has 1 saturated heterocycles. The number of nitrogens with one attached hydrogen (secondary N) is 1. The molecule has 1 fully saturated rings. The van der Waals surface area contributed by atoms with E-state index >= 15 is 0 Å². The van der Waals surface area contributed by atoms with E-state index in [9.17, 15) is 9.59 Å². The van der Waals surface area contributed by atoms with Gasteiger partial charge < -0.3 is 10.1 Å². The zero-order chi connectivity index (χ0) is 16.9. The van der Waals surface area contributed by atoms with Crippen LogP contribution in [0.3, 0.4) is 0 Å². The molecule has 2 aromatic rings. The van der Waals surface area contributed by atoms with Crippen molar-refractivity contribution in [3.8, 4) is 11.1 Å². The van der Waals surface area contributed by atoms with Gasteiger partial charge in [0.05, 0.1) is 4.88 Å². The molecule has 1 aliphatic heterocycles. The standard InChI is InChI=1S/C18H20N2O3S/c1-2-16(21)13-7-12(9-19-10-13)14-8-17(24-11-14)18(22)20-15-3-5-23-6-4-15/h7-11,15H,2-6H2,1H3,(H,20,22). The Morgan fingerprint density at radius 1 is 1.25 bits per heavy atom. The number of ketones is 1. The number of hydrogen-bond acceptors (Lipinski definition) is 5. The second-order valence-corrected chi connectivity index (χ2v) is 6.71. The molecule has 0 saturated carbocycles. The summed E-state index contributed by atoms with van der Waals surface area (Å²) in [6, 6.07) is 3.88. The van der Waals surface area contributed by atoms with Crippen molar-refractivity contribution in [1.82, 2.24) is 10.3 Å². The Labute approximate surface area is 145 Å². The van der Waals surface area contributed by atoms with Crippen LogP contribution in [0.1, 0.15) is 46.2 Å². The van der Waals surface area contributed by atoms with Crippen LogP contribution in [0.15, 0.2) is 29.9 Å². The predicted octanol–water partition coefficient (Wildman–Crippen LogP) is 3.31. The van der Waals surface area contributed by atoms with Gasteiger partial charge in [0.2, 0.25) is 0 Å². The van der Waals surface area contributed by atoms with Gasteiger partial charge in [-0.05, 0) is 35.9 Å². The fraction of sp³-hybridized carbons (Fsp3) is 0.389. The molecule has 126 valence electrons. The van der Waals surface area contributed by atoms with Crippen LogP contribution in [0.4, 0.5) is 0 Å². The third-order valence-corrected chi connectivity index (χ3v) is 5.02. The number of carbonyl (C=O) groups excluding carboxylic acids is 2. The van der Waals surface area contributed by atoms with Crippen molar-refractivity contribution in [2.75, 3.05) is 13.2 Å². The van der Waals surface area contributed by atoms with Crippen LogP contribution in [-0.2, 0) is 4.74 Å². The number of thiophene rings is 1. The SMILES string of the molecule is CCC(=O)c1cncc(-c2csc(C(=O)NC3CCOCC3)c2)c1. The van der Waals surface area contributed by atoms with Gasteiger partial charge >= 0.3 is 0 Å². The predicted molar refractivity (Wildman–Crippen MR) is 93.5 cm³/mol. The Hall–Kier alpha value is -2.05. The number of amides is 1. The van der Waals surface area contributed by atoms with E-state index in [1.54, 1.807) is 12.4 Å². The lowest BCUT2D eigenvalue weighted by molar-refractivity contribution is 0.0698. The molecule has 0 aromatic carbocycles. The minimum atomic E-state index is -0.0492. The first-order chi connectivity index (χ1) is 11.7. The lowest BCUT2D eigenvalue weighted by Gasteiger charge is -2.22. The van der Waals surface area contributed by atoms with Gasteiger partial charge in [-0.25, -0.2) is 0 Å². The number of pyridine rings is 1. The molecule has 0 radical (unpaired) electrons. The molecule has 6 heteroatoms. The van der Waals surface area contributed by atoms with Gasteiger partial charge in [0.15, 0.2) is 5.78 Å². The van der Waals surface area contributed by atoms with Gasteiger partial charge in [-0.3, -0.25) is 14.6 Å². The van der Waals surface area contributed by atoms with E-state index in [2.05, 4.69) is 10.3 Å². The van der Waals surface area contributed by atoms with Crippen LogP contribution >= 0.6 is 11.3 Å². The molecule has 24 heavy (non-hydrogen) atoms. The average Bonchev–Trinajstić information content (AvgIpc) is 3.12. The Morgan fingerprint density at radius 3 is 2.79 bits per heavy atom. The number of rotatable bonds is 5. The van der Waals surface area contributed by atoms with Gasteiger partial charge in [0.25, 0.3) is 5.91 Å². The van der Waals surface area contributed by atoms with Crippen LogP contribution in [0, 0.1) is 0 Å². The first kappa shape index (κ1) is 16.8. The molecule has 3 heterocycles. The largest absolute Gasteiger partial charge is 0.381 e. The van der Waals surface area contributed by atoms with Crippen molar-refractivity contribution in [3.63, 3.8) is 0 Å². The van der Waals surface area contributed by atoms with Crippen molar-refractivity contribution in [3.05, 3.63) is 40.3 Å². The number of carbonyl (C=O) groups is 2. The molecule has 0 bridgehead atoms. The normalized spacial score (nSPS) is 15.2. The summed E-state index contributed by atoms with van der Waals surface area (Å²) in [6.07, 6.45) is 5.47. The first-order valence-electron chi connectivity index (χ1n) is 8.13. The summed E-state index contributed by atoms with van der Waals surface area (Å²) in [5.41, 5.74) is 2.38. The number of aromatic nitrogens is 1. The summed E-state index contributed by atoms with van der Waals surface area (Å²) in [4.78, 5) is 29.0. The third kappa shape index (κ3) is 3.88. The summed E-state index contributed by atoms with van der Waals surface area (Å²) in [5.74, 6) is 0.0176. The molecular formula is C18H20N2O3S. The highest BCUT2D eigenvalue weighted by Crippen LogP contribution is 2.26. The smallest absolute Gasteiger partial charge is 0.261 e. The quantitative estimate of drug-likeness (QED) is 0.845. The van der Waals surface area contributed by atoms with Crippen LogP contribution < -0.4 is 5.32 Å². The monoisotopic (exact) mass is 344 g/mol. The molecule has 0 atom stereocenters. The fourth-order valence-electron chi connectivity index (χ4n) is 2.66. The van der Waals surface area contributed by atoms with Crippen LogP contribution in [0.5, 0.6) is 0 Å². The second kappa shape index (κ2) is 7.68. The maximum absolute atomic E-state index is 12.4. The third-order valence-electron chi connectivity index (χ3n) is 4.09.